The minimum Gasteiger partial charge on any atom is -0.313 e. The summed E-state index contributed by atoms with van der Waals surface area (Å²) in [5.41, 5.74) is 1.81. The van der Waals surface area contributed by atoms with E-state index in [4.69, 9.17) is 11.6 Å². The van der Waals surface area contributed by atoms with Gasteiger partial charge in [0.05, 0.1) is 12.3 Å². The van der Waals surface area contributed by atoms with E-state index in [1.54, 1.807) is 16.7 Å². The molecule has 0 bridgehead atoms. The monoisotopic (exact) mass is 390 g/mol. The third kappa shape index (κ3) is 4.69. The number of aromatic nitrogens is 3. The van der Waals surface area contributed by atoms with Gasteiger partial charge in [0, 0.05) is 17.6 Å². The van der Waals surface area contributed by atoms with Gasteiger partial charge in [-0.15, -0.1) is 10.2 Å². The molecule has 0 amide bonds. The van der Waals surface area contributed by atoms with E-state index >= 15 is 0 Å². The van der Waals surface area contributed by atoms with Gasteiger partial charge in [-0.05, 0) is 24.1 Å². The molecule has 1 aromatic heterocycles. The predicted molar refractivity (Wildman–Crippen MR) is 102 cm³/mol. The highest BCUT2D eigenvalue weighted by atomic mass is 35.5. The normalized spacial score (nSPS) is 11.6. The van der Waals surface area contributed by atoms with Crippen molar-refractivity contribution in [2.24, 2.45) is 7.05 Å². The number of halogens is 1. The first-order valence-corrected chi connectivity index (χ1v) is 10.1. The first-order valence-electron chi connectivity index (χ1n) is 8.10. The van der Waals surface area contributed by atoms with E-state index in [2.05, 4.69) is 14.9 Å². The number of hydrogen-bond acceptors (Lipinski definition) is 4. The molecule has 3 rings (SSSR count). The number of aryl methyl sites for hydroxylation is 1. The van der Waals surface area contributed by atoms with Gasteiger partial charge < -0.3 is 4.57 Å². The van der Waals surface area contributed by atoms with Crippen LogP contribution in [0.15, 0.2) is 54.6 Å². The molecule has 0 atom stereocenters. The van der Waals surface area contributed by atoms with E-state index in [1.165, 1.54) is 0 Å². The van der Waals surface area contributed by atoms with Crippen LogP contribution >= 0.6 is 11.6 Å². The van der Waals surface area contributed by atoms with Crippen LogP contribution in [0.5, 0.6) is 0 Å². The number of nitrogens with one attached hydrogen (secondary N) is 1. The molecule has 136 valence electrons. The Labute approximate surface area is 157 Å². The maximum atomic E-state index is 12.2. The van der Waals surface area contributed by atoms with Gasteiger partial charge in [0.15, 0.2) is 5.82 Å². The largest absolute Gasteiger partial charge is 0.313 e. The zero-order chi connectivity index (χ0) is 18.6. The average molecular weight is 391 g/mol. The number of rotatable bonds is 7. The van der Waals surface area contributed by atoms with Crippen molar-refractivity contribution in [2.45, 2.75) is 13.0 Å². The molecule has 0 radical (unpaired) electrons. The molecule has 1 N–H and O–H groups in total. The van der Waals surface area contributed by atoms with Crippen molar-refractivity contribution in [2.75, 3.05) is 5.75 Å². The maximum absolute atomic E-state index is 12.2. The average Bonchev–Trinajstić information content (AvgIpc) is 3.00. The van der Waals surface area contributed by atoms with Gasteiger partial charge in [0.2, 0.25) is 10.0 Å². The Hall–Kier alpha value is -2.22. The van der Waals surface area contributed by atoms with Gasteiger partial charge in [-0.2, -0.15) is 0 Å². The van der Waals surface area contributed by atoms with Crippen molar-refractivity contribution in [3.63, 3.8) is 0 Å². The van der Waals surface area contributed by atoms with Crippen molar-refractivity contribution in [1.29, 1.82) is 0 Å². The molecule has 0 aliphatic rings. The second-order valence-electron chi connectivity index (χ2n) is 5.88. The van der Waals surface area contributed by atoms with E-state index < -0.39 is 10.0 Å². The van der Waals surface area contributed by atoms with E-state index in [1.807, 2.05) is 49.5 Å². The molecule has 0 spiro atoms. The van der Waals surface area contributed by atoms with Crippen LogP contribution in [-0.4, -0.2) is 28.9 Å². The molecule has 8 heteroatoms. The van der Waals surface area contributed by atoms with Crippen LogP contribution in [0.3, 0.4) is 0 Å². The number of hydrogen-bond donors (Lipinski definition) is 1. The van der Waals surface area contributed by atoms with Gasteiger partial charge >= 0.3 is 0 Å². The smallest absolute Gasteiger partial charge is 0.212 e. The molecule has 0 aliphatic carbocycles. The second-order valence-corrected chi connectivity index (χ2v) is 8.25. The summed E-state index contributed by atoms with van der Waals surface area (Å²) in [4.78, 5) is 0. The summed E-state index contributed by atoms with van der Waals surface area (Å²) < 4.78 is 28.9. The second kappa shape index (κ2) is 7.99. The molecule has 6 nitrogen and oxygen atoms in total. The Kier molecular flexibility index (Phi) is 5.70. The fourth-order valence-corrected chi connectivity index (χ4v) is 3.76. The van der Waals surface area contributed by atoms with Gasteiger partial charge in [-0.1, -0.05) is 54.1 Å². The van der Waals surface area contributed by atoms with Crippen LogP contribution in [0.1, 0.15) is 11.4 Å². The van der Waals surface area contributed by atoms with Crippen LogP contribution < -0.4 is 4.72 Å². The zero-order valence-corrected chi connectivity index (χ0v) is 15.8. The van der Waals surface area contributed by atoms with E-state index in [0.717, 1.165) is 11.1 Å². The number of benzene rings is 2. The Morgan fingerprint density at radius 2 is 1.85 bits per heavy atom. The summed E-state index contributed by atoms with van der Waals surface area (Å²) in [6.07, 6.45) is 0.393. The molecule has 0 saturated carbocycles. The topological polar surface area (TPSA) is 76.9 Å². The summed E-state index contributed by atoms with van der Waals surface area (Å²) >= 11 is 5.92. The fourth-order valence-electron chi connectivity index (χ4n) is 2.55. The van der Waals surface area contributed by atoms with E-state index in [-0.39, 0.29) is 12.3 Å². The van der Waals surface area contributed by atoms with Gasteiger partial charge in [-0.3, -0.25) is 0 Å². The van der Waals surface area contributed by atoms with Gasteiger partial charge in [0.25, 0.3) is 0 Å². The van der Waals surface area contributed by atoms with Crippen LogP contribution in [0.25, 0.3) is 11.4 Å². The third-order valence-electron chi connectivity index (χ3n) is 4.00. The lowest BCUT2D eigenvalue weighted by atomic mass is 10.2. The van der Waals surface area contributed by atoms with Crippen molar-refractivity contribution < 1.29 is 8.42 Å². The fraction of sp³-hybridized carbons (Fsp3) is 0.222. The van der Waals surface area contributed by atoms with Crippen LogP contribution in [-0.2, 0) is 30.0 Å². The highest BCUT2D eigenvalue weighted by Gasteiger charge is 2.15. The summed E-state index contributed by atoms with van der Waals surface area (Å²) in [6, 6.07) is 16.8. The number of sulfonamides is 1. The molecule has 0 saturated heterocycles. The highest BCUT2D eigenvalue weighted by Crippen LogP contribution is 2.16. The molecule has 0 unspecified atom stereocenters. The van der Waals surface area contributed by atoms with Crippen LogP contribution in [0.2, 0.25) is 5.02 Å². The standard InChI is InChI=1S/C18H19ClN4O2S/c1-23-17(21-22-18(23)15-7-3-2-4-8-15)13-20-26(24,25)11-10-14-6-5-9-16(19)12-14/h2-9,12,20H,10-11,13H2,1H3. The Balaban J connectivity index is 1.62. The summed E-state index contributed by atoms with van der Waals surface area (Å²) in [5, 5.41) is 8.84. The van der Waals surface area contributed by atoms with Crippen molar-refractivity contribution >= 4 is 21.6 Å². The quantitative estimate of drug-likeness (QED) is 0.673. The van der Waals surface area contributed by atoms with E-state index in [0.29, 0.717) is 23.1 Å². The minimum absolute atomic E-state index is 0.0171. The molecule has 0 fully saturated rings. The summed E-state index contributed by atoms with van der Waals surface area (Å²) in [5.74, 6) is 1.23. The summed E-state index contributed by atoms with van der Waals surface area (Å²) in [6.45, 7) is 0.0915. The van der Waals surface area contributed by atoms with Crippen molar-refractivity contribution in [3.05, 3.63) is 71.0 Å². The van der Waals surface area contributed by atoms with Crippen LogP contribution in [0, 0.1) is 0 Å². The van der Waals surface area contributed by atoms with Gasteiger partial charge in [-0.25, -0.2) is 13.1 Å². The molecular formula is C18H19ClN4O2S. The van der Waals surface area contributed by atoms with Crippen molar-refractivity contribution in [3.8, 4) is 11.4 Å². The van der Waals surface area contributed by atoms with Crippen molar-refractivity contribution in [1.82, 2.24) is 19.5 Å². The van der Waals surface area contributed by atoms with Gasteiger partial charge in [0.1, 0.15) is 5.82 Å². The molecule has 1 heterocycles. The highest BCUT2D eigenvalue weighted by molar-refractivity contribution is 7.89. The molecular weight excluding hydrogens is 372 g/mol. The van der Waals surface area contributed by atoms with E-state index in [9.17, 15) is 8.42 Å². The predicted octanol–water partition coefficient (Wildman–Crippen LogP) is 2.80. The molecule has 2 aromatic carbocycles. The maximum Gasteiger partial charge on any atom is 0.212 e. The third-order valence-corrected chi connectivity index (χ3v) is 5.56. The first kappa shape index (κ1) is 18.6. The number of nitrogens with zero attached hydrogens (tertiary/aromatic N) is 3. The molecule has 3 aromatic rings. The lowest BCUT2D eigenvalue weighted by molar-refractivity contribution is 0.576. The first-order chi connectivity index (χ1) is 12.4. The Morgan fingerprint density at radius 1 is 1.08 bits per heavy atom. The lowest BCUT2D eigenvalue weighted by Crippen LogP contribution is -2.28. The zero-order valence-electron chi connectivity index (χ0n) is 14.3. The Bertz CT molecular complexity index is 987. The SMILES string of the molecule is Cn1c(CNS(=O)(=O)CCc2cccc(Cl)c2)nnc1-c1ccccc1. The lowest BCUT2D eigenvalue weighted by Gasteiger charge is -2.08. The summed E-state index contributed by atoms with van der Waals surface area (Å²) in [7, 11) is -1.62. The molecule has 26 heavy (non-hydrogen) atoms. The van der Waals surface area contributed by atoms with Crippen LogP contribution in [0.4, 0.5) is 0 Å². The molecule has 0 aliphatic heterocycles. The Morgan fingerprint density at radius 3 is 2.58 bits per heavy atom. The minimum atomic E-state index is -3.44.